The molecule has 5 rings (SSSR count). The summed E-state index contributed by atoms with van der Waals surface area (Å²) in [6.45, 7) is 5.43. The Morgan fingerprint density at radius 2 is 1.75 bits per heavy atom. The topological polar surface area (TPSA) is 120 Å². The van der Waals surface area contributed by atoms with E-state index in [1.807, 2.05) is 18.2 Å². The number of carbonyl (C=O) groups is 1. The van der Waals surface area contributed by atoms with Crippen molar-refractivity contribution < 1.29 is 19.2 Å². The summed E-state index contributed by atoms with van der Waals surface area (Å²) >= 11 is 0. The highest BCUT2D eigenvalue weighted by molar-refractivity contribution is 5.89. The van der Waals surface area contributed by atoms with Gasteiger partial charge in [-0.05, 0) is 49.4 Å². The standard InChI is InChI=1S/C29H29N5O6/c1-3-40-29(36)20-7-9-21(10-8-20)33-27(30-26-12-11-23(34(37)38)18-25(26)28(33)35)19-31-13-15-32(16-14-31)22-5-4-6-24(17-22)39-2/h4-12,17-18H,3,13-16,19H2,1-2H3. The molecule has 0 saturated carbocycles. The van der Waals surface area contributed by atoms with Crippen LogP contribution in [0, 0.1) is 10.1 Å². The Labute approximate surface area is 230 Å². The van der Waals surface area contributed by atoms with Gasteiger partial charge in [0.1, 0.15) is 11.6 Å². The molecule has 3 aromatic carbocycles. The number of hydrogen-bond acceptors (Lipinski definition) is 9. The third-order valence-corrected chi connectivity index (χ3v) is 6.92. The molecule has 11 heteroatoms. The van der Waals surface area contributed by atoms with Crippen LogP contribution in [0.15, 0.2) is 71.5 Å². The number of fused-ring (bicyclic) bond motifs is 1. The molecule has 0 radical (unpaired) electrons. The predicted molar refractivity (Wildman–Crippen MR) is 150 cm³/mol. The minimum atomic E-state index is -0.535. The highest BCUT2D eigenvalue weighted by Crippen LogP contribution is 2.24. The van der Waals surface area contributed by atoms with Crippen molar-refractivity contribution in [2.45, 2.75) is 13.5 Å². The molecular weight excluding hydrogens is 514 g/mol. The molecule has 206 valence electrons. The maximum atomic E-state index is 13.8. The lowest BCUT2D eigenvalue weighted by atomic mass is 10.1. The number of non-ortho nitro benzene ring substituents is 1. The second kappa shape index (κ2) is 11.5. The van der Waals surface area contributed by atoms with Crippen molar-refractivity contribution in [2.75, 3.05) is 44.8 Å². The zero-order chi connectivity index (χ0) is 28.2. The summed E-state index contributed by atoms with van der Waals surface area (Å²) in [5.74, 6) is 0.853. The molecule has 1 aliphatic rings. The summed E-state index contributed by atoms with van der Waals surface area (Å²) in [5, 5.41) is 11.5. The van der Waals surface area contributed by atoms with Crippen LogP contribution >= 0.6 is 0 Å². The van der Waals surface area contributed by atoms with E-state index in [-0.39, 0.29) is 17.7 Å². The summed E-state index contributed by atoms with van der Waals surface area (Å²) in [6.07, 6.45) is 0. The molecule has 0 bridgehead atoms. The summed E-state index contributed by atoms with van der Waals surface area (Å²) in [7, 11) is 1.65. The lowest BCUT2D eigenvalue weighted by Crippen LogP contribution is -2.46. The number of carbonyl (C=O) groups excluding carboxylic acids is 1. The first-order chi connectivity index (χ1) is 19.4. The lowest BCUT2D eigenvalue weighted by molar-refractivity contribution is -0.384. The summed E-state index contributed by atoms with van der Waals surface area (Å²) in [6, 6.07) is 18.6. The van der Waals surface area contributed by atoms with Gasteiger partial charge in [-0.15, -0.1) is 0 Å². The molecule has 0 spiro atoms. The number of nitro groups is 1. The Kier molecular flexibility index (Phi) is 7.74. The van der Waals surface area contributed by atoms with Gasteiger partial charge in [0, 0.05) is 50.1 Å². The molecule has 1 aromatic heterocycles. The molecule has 0 N–H and O–H groups in total. The Hall–Kier alpha value is -4.77. The molecule has 1 fully saturated rings. The number of nitrogens with zero attached hydrogens (tertiary/aromatic N) is 5. The smallest absolute Gasteiger partial charge is 0.338 e. The summed E-state index contributed by atoms with van der Waals surface area (Å²) in [4.78, 5) is 46.0. The van der Waals surface area contributed by atoms with Gasteiger partial charge in [-0.3, -0.25) is 24.4 Å². The number of rotatable bonds is 8. The third-order valence-electron chi connectivity index (χ3n) is 6.92. The van der Waals surface area contributed by atoms with Crippen LogP contribution in [0.4, 0.5) is 11.4 Å². The number of benzene rings is 3. The number of aromatic nitrogens is 2. The molecule has 0 aliphatic carbocycles. The summed E-state index contributed by atoms with van der Waals surface area (Å²) < 4.78 is 11.9. The van der Waals surface area contributed by atoms with Gasteiger partial charge in [0.15, 0.2) is 0 Å². The third kappa shape index (κ3) is 5.50. The monoisotopic (exact) mass is 543 g/mol. The normalized spacial score (nSPS) is 13.8. The highest BCUT2D eigenvalue weighted by Gasteiger charge is 2.22. The number of nitro benzene ring substituents is 1. The van der Waals surface area contributed by atoms with E-state index in [0.29, 0.717) is 29.1 Å². The van der Waals surface area contributed by atoms with Gasteiger partial charge in [-0.2, -0.15) is 0 Å². The maximum Gasteiger partial charge on any atom is 0.338 e. The van der Waals surface area contributed by atoms with Crippen LogP contribution in [-0.4, -0.2) is 65.2 Å². The molecule has 4 aromatic rings. The van der Waals surface area contributed by atoms with Crippen molar-refractivity contribution >= 4 is 28.2 Å². The van der Waals surface area contributed by atoms with Crippen LogP contribution in [0.3, 0.4) is 0 Å². The molecule has 2 heterocycles. The van der Waals surface area contributed by atoms with Crippen molar-refractivity contribution in [1.82, 2.24) is 14.5 Å². The van der Waals surface area contributed by atoms with Gasteiger partial charge in [0.05, 0.1) is 47.3 Å². The summed E-state index contributed by atoms with van der Waals surface area (Å²) in [5.41, 5.74) is 1.74. The molecule has 0 atom stereocenters. The highest BCUT2D eigenvalue weighted by atomic mass is 16.6. The quantitative estimate of drug-likeness (QED) is 0.186. The lowest BCUT2D eigenvalue weighted by Gasteiger charge is -2.36. The van der Waals surface area contributed by atoms with E-state index in [1.165, 1.54) is 22.8 Å². The Morgan fingerprint density at radius 1 is 1.00 bits per heavy atom. The van der Waals surface area contributed by atoms with Crippen molar-refractivity contribution in [2.24, 2.45) is 0 Å². The van der Waals surface area contributed by atoms with Gasteiger partial charge >= 0.3 is 5.97 Å². The van der Waals surface area contributed by atoms with Crippen molar-refractivity contribution in [3.05, 3.63) is 98.6 Å². The van der Waals surface area contributed by atoms with Gasteiger partial charge in [-0.25, -0.2) is 9.78 Å². The van der Waals surface area contributed by atoms with E-state index in [4.69, 9.17) is 14.5 Å². The van der Waals surface area contributed by atoms with Crippen LogP contribution in [0.25, 0.3) is 16.6 Å². The first-order valence-electron chi connectivity index (χ1n) is 13.0. The average molecular weight is 544 g/mol. The molecule has 1 aliphatic heterocycles. The number of esters is 1. The number of piperazine rings is 1. The Bertz CT molecular complexity index is 1610. The number of methoxy groups -OCH3 is 1. The van der Waals surface area contributed by atoms with E-state index in [0.717, 1.165) is 37.6 Å². The first-order valence-corrected chi connectivity index (χ1v) is 13.0. The fourth-order valence-electron chi connectivity index (χ4n) is 4.84. The SMILES string of the molecule is CCOC(=O)c1ccc(-n2c(CN3CCN(c4cccc(OC)c4)CC3)nc3ccc([N+](=O)[O-])cc3c2=O)cc1. The van der Waals surface area contributed by atoms with Crippen molar-refractivity contribution in [3.63, 3.8) is 0 Å². The van der Waals surface area contributed by atoms with Crippen LogP contribution < -0.4 is 15.2 Å². The molecule has 0 amide bonds. The van der Waals surface area contributed by atoms with Crippen LogP contribution in [0.5, 0.6) is 5.75 Å². The minimum Gasteiger partial charge on any atom is -0.497 e. The Morgan fingerprint density at radius 3 is 2.42 bits per heavy atom. The number of anilines is 1. The van der Waals surface area contributed by atoms with Crippen LogP contribution in [0.2, 0.25) is 0 Å². The van der Waals surface area contributed by atoms with Crippen molar-refractivity contribution in [1.29, 1.82) is 0 Å². The van der Waals surface area contributed by atoms with Gasteiger partial charge in [0.25, 0.3) is 11.2 Å². The van der Waals surface area contributed by atoms with Gasteiger partial charge in [0.2, 0.25) is 0 Å². The van der Waals surface area contributed by atoms with Crippen molar-refractivity contribution in [3.8, 4) is 11.4 Å². The Balaban J connectivity index is 1.47. The fourth-order valence-corrected chi connectivity index (χ4v) is 4.84. The largest absolute Gasteiger partial charge is 0.497 e. The minimum absolute atomic E-state index is 0.148. The van der Waals surface area contributed by atoms with E-state index < -0.39 is 16.5 Å². The van der Waals surface area contributed by atoms with Crippen LogP contribution in [-0.2, 0) is 11.3 Å². The first kappa shape index (κ1) is 26.8. The average Bonchev–Trinajstić information content (AvgIpc) is 2.98. The molecule has 1 saturated heterocycles. The maximum absolute atomic E-state index is 13.8. The molecule has 0 unspecified atom stereocenters. The van der Waals surface area contributed by atoms with E-state index >= 15 is 0 Å². The van der Waals surface area contributed by atoms with E-state index in [2.05, 4.69) is 15.9 Å². The fraction of sp³-hybridized carbons (Fsp3) is 0.276. The molecular formula is C29H29N5O6. The number of ether oxygens (including phenoxy) is 2. The zero-order valence-corrected chi connectivity index (χ0v) is 22.3. The second-order valence-electron chi connectivity index (χ2n) is 9.36. The second-order valence-corrected chi connectivity index (χ2v) is 9.36. The molecule has 40 heavy (non-hydrogen) atoms. The predicted octanol–water partition coefficient (Wildman–Crippen LogP) is 3.80. The van der Waals surface area contributed by atoms with Gasteiger partial charge < -0.3 is 14.4 Å². The van der Waals surface area contributed by atoms with Crippen LogP contribution in [0.1, 0.15) is 23.1 Å². The van der Waals surface area contributed by atoms with E-state index in [1.54, 1.807) is 38.3 Å². The van der Waals surface area contributed by atoms with Gasteiger partial charge in [-0.1, -0.05) is 6.07 Å². The number of hydrogen-bond donors (Lipinski definition) is 0. The zero-order valence-electron chi connectivity index (χ0n) is 22.3. The van der Waals surface area contributed by atoms with E-state index in [9.17, 15) is 19.7 Å². The molecule has 11 nitrogen and oxygen atoms in total.